The van der Waals surface area contributed by atoms with Crippen molar-refractivity contribution < 1.29 is 4.74 Å². The molecule has 1 spiro atoms. The second-order valence-corrected chi connectivity index (χ2v) is 6.89. The second-order valence-electron chi connectivity index (χ2n) is 5.97. The summed E-state index contributed by atoms with van der Waals surface area (Å²) in [5.41, 5.74) is 2.88. The molecule has 20 heavy (non-hydrogen) atoms. The Hall–Kier alpha value is -1.13. The molecule has 3 heterocycles. The highest BCUT2D eigenvalue weighted by Crippen LogP contribution is 2.43. The highest BCUT2D eigenvalue weighted by Gasteiger charge is 2.44. The van der Waals surface area contributed by atoms with Crippen molar-refractivity contribution in [3.05, 3.63) is 34.9 Å². The number of hydrogen-bond acceptors (Lipinski definition) is 3. The third kappa shape index (κ3) is 2.02. The summed E-state index contributed by atoms with van der Waals surface area (Å²) in [6, 6.07) is 8.58. The van der Waals surface area contributed by atoms with E-state index in [0.717, 1.165) is 36.3 Å². The maximum Gasteiger partial charge on any atom is 0.0936 e. The van der Waals surface area contributed by atoms with Crippen molar-refractivity contribution in [2.24, 2.45) is 5.41 Å². The van der Waals surface area contributed by atoms with Crippen LogP contribution in [0.4, 0.5) is 5.69 Å². The summed E-state index contributed by atoms with van der Waals surface area (Å²) >= 11 is 3.49. The topological polar surface area (TPSA) is 25.4 Å². The van der Waals surface area contributed by atoms with E-state index in [0.29, 0.717) is 5.41 Å². The van der Waals surface area contributed by atoms with Gasteiger partial charge in [-0.1, -0.05) is 12.1 Å². The Bertz CT molecular complexity index is 644. The van der Waals surface area contributed by atoms with Crippen LogP contribution in [0.3, 0.4) is 0 Å². The molecule has 3 nitrogen and oxygen atoms in total. The number of para-hydroxylation sites is 1. The zero-order chi connectivity index (χ0) is 13.6. The standard InChI is InChI=1S/C16H17BrN2O/c17-13-8-12-2-1-3-14(15(12)18-9-13)19-10-16(11-19)4-6-20-7-5-16/h1-3,8-9H,4-7,10-11H2. The molecule has 0 aliphatic carbocycles. The van der Waals surface area contributed by atoms with E-state index >= 15 is 0 Å². The van der Waals surface area contributed by atoms with Crippen LogP contribution in [0.15, 0.2) is 34.9 Å². The zero-order valence-corrected chi connectivity index (χ0v) is 12.9. The number of nitrogens with zero attached hydrogens (tertiary/aromatic N) is 2. The van der Waals surface area contributed by atoms with Gasteiger partial charge in [-0.2, -0.15) is 0 Å². The van der Waals surface area contributed by atoms with Crippen molar-refractivity contribution in [1.29, 1.82) is 0 Å². The van der Waals surface area contributed by atoms with Crippen LogP contribution in [0, 0.1) is 5.41 Å². The van der Waals surface area contributed by atoms with Gasteiger partial charge in [0.15, 0.2) is 0 Å². The first-order chi connectivity index (χ1) is 9.76. The van der Waals surface area contributed by atoms with E-state index in [2.05, 4.69) is 50.1 Å². The average Bonchev–Trinajstić information content (AvgIpc) is 2.44. The number of halogens is 1. The maximum absolute atomic E-state index is 5.49. The van der Waals surface area contributed by atoms with Gasteiger partial charge in [-0.05, 0) is 40.9 Å². The Kier molecular flexibility index (Phi) is 2.97. The van der Waals surface area contributed by atoms with Crippen molar-refractivity contribution in [1.82, 2.24) is 4.98 Å². The lowest BCUT2D eigenvalue weighted by atomic mass is 9.73. The molecule has 0 N–H and O–H groups in total. The predicted molar refractivity (Wildman–Crippen MR) is 84.1 cm³/mol. The molecule has 1 aromatic heterocycles. The van der Waals surface area contributed by atoms with E-state index in [1.54, 1.807) is 0 Å². The van der Waals surface area contributed by atoms with Crippen molar-refractivity contribution in [2.75, 3.05) is 31.2 Å². The van der Waals surface area contributed by atoms with Crippen LogP contribution in [0.1, 0.15) is 12.8 Å². The van der Waals surface area contributed by atoms with Gasteiger partial charge >= 0.3 is 0 Å². The monoisotopic (exact) mass is 332 g/mol. The van der Waals surface area contributed by atoms with Crippen molar-refractivity contribution in [3.63, 3.8) is 0 Å². The molecule has 0 radical (unpaired) electrons. The van der Waals surface area contributed by atoms with Crippen LogP contribution in [0.25, 0.3) is 10.9 Å². The normalized spacial score (nSPS) is 21.1. The first-order valence-corrected chi connectivity index (χ1v) is 7.92. The highest BCUT2D eigenvalue weighted by molar-refractivity contribution is 9.10. The van der Waals surface area contributed by atoms with Gasteiger partial charge in [0.1, 0.15) is 0 Å². The lowest BCUT2D eigenvalue weighted by molar-refractivity contribution is -0.000109. The lowest BCUT2D eigenvalue weighted by Crippen LogP contribution is -2.58. The van der Waals surface area contributed by atoms with Crippen LogP contribution >= 0.6 is 15.9 Å². The number of hydrogen-bond donors (Lipinski definition) is 0. The average molecular weight is 333 g/mol. The number of rotatable bonds is 1. The Labute approximate surface area is 127 Å². The van der Waals surface area contributed by atoms with Crippen molar-refractivity contribution >= 4 is 32.5 Å². The van der Waals surface area contributed by atoms with E-state index in [9.17, 15) is 0 Å². The van der Waals surface area contributed by atoms with Gasteiger partial charge in [0, 0.05) is 47.8 Å². The van der Waals surface area contributed by atoms with E-state index in [4.69, 9.17) is 4.74 Å². The Morgan fingerprint density at radius 2 is 2.00 bits per heavy atom. The fraction of sp³-hybridized carbons (Fsp3) is 0.438. The van der Waals surface area contributed by atoms with Crippen LogP contribution in [-0.2, 0) is 4.74 Å². The summed E-state index contributed by atoms with van der Waals surface area (Å²) in [4.78, 5) is 7.07. The molecule has 2 fully saturated rings. The van der Waals surface area contributed by atoms with E-state index in [-0.39, 0.29) is 0 Å². The minimum atomic E-state index is 0.496. The van der Waals surface area contributed by atoms with Crippen LogP contribution < -0.4 is 4.90 Å². The van der Waals surface area contributed by atoms with Gasteiger partial charge in [-0.3, -0.25) is 4.98 Å². The number of aromatic nitrogens is 1. The smallest absolute Gasteiger partial charge is 0.0936 e. The molecule has 4 heteroatoms. The molecule has 2 saturated heterocycles. The van der Waals surface area contributed by atoms with Gasteiger partial charge in [0.25, 0.3) is 0 Å². The minimum Gasteiger partial charge on any atom is -0.381 e. The molecule has 2 aliphatic rings. The highest BCUT2D eigenvalue weighted by atomic mass is 79.9. The van der Waals surface area contributed by atoms with Crippen molar-refractivity contribution in [2.45, 2.75) is 12.8 Å². The molecule has 2 aromatic rings. The van der Waals surface area contributed by atoms with E-state index < -0.39 is 0 Å². The largest absolute Gasteiger partial charge is 0.381 e. The third-order valence-electron chi connectivity index (χ3n) is 4.60. The molecule has 4 rings (SSSR count). The minimum absolute atomic E-state index is 0.496. The number of anilines is 1. The molecular weight excluding hydrogens is 316 g/mol. The van der Waals surface area contributed by atoms with Crippen LogP contribution in [0.5, 0.6) is 0 Å². The molecule has 0 unspecified atom stereocenters. The summed E-state index contributed by atoms with van der Waals surface area (Å²) in [7, 11) is 0. The number of benzene rings is 1. The van der Waals surface area contributed by atoms with Crippen LogP contribution in [-0.4, -0.2) is 31.3 Å². The van der Waals surface area contributed by atoms with Gasteiger partial charge in [0.05, 0.1) is 11.2 Å². The maximum atomic E-state index is 5.49. The molecule has 0 amide bonds. The van der Waals surface area contributed by atoms with Gasteiger partial charge in [0.2, 0.25) is 0 Å². The fourth-order valence-corrected chi connectivity index (χ4v) is 3.78. The molecular formula is C16H17BrN2O. The number of ether oxygens (including phenoxy) is 1. The number of pyridine rings is 1. The Morgan fingerprint density at radius 1 is 1.20 bits per heavy atom. The summed E-state index contributed by atoms with van der Waals surface area (Å²) in [5, 5.41) is 1.20. The van der Waals surface area contributed by atoms with Crippen LogP contribution in [0.2, 0.25) is 0 Å². The van der Waals surface area contributed by atoms with E-state index in [1.807, 2.05) is 6.20 Å². The first kappa shape index (κ1) is 12.6. The fourth-order valence-electron chi connectivity index (χ4n) is 3.43. The number of fused-ring (bicyclic) bond motifs is 1. The first-order valence-electron chi connectivity index (χ1n) is 7.13. The second kappa shape index (κ2) is 4.71. The Morgan fingerprint density at radius 3 is 2.80 bits per heavy atom. The van der Waals surface area contributed by atoms with Gasteiger partial charge < -0.3 is 9.64 Å². The quantitative estimate of drug-likeness (QED) is 0.797. The molecule has 0 bridgehead atoms. The van der Waals surface area contributed by atoms with Crippen molar-refractivity contribution in [3.8, 4) is 0 Å². The summed E-state index contributed by atoms with van der Waals surface area (Å²) in [5.74, 6) is 0. The SMILES string of the molecule is Brc1cnc2c(N3CC4(CCOCC4)C3)cccc2c1. The molecule has 0 saturated carbocycles. The third-order valence-corrected chi connectivity index (χ3v) is 5.04. The summed E-state index contributed by atoms with van der Waals surface area (Å²) in [6.07, 6.45) is 4.29. The Balaban J connectivity index is 1.64. The molecule has 1 aromatic carbocycles. The summed E-state index contributed by atoms with van der Waals surface area (Å²) in [6.45, 7) is 4.14. The zero-order valence-electron chi connectivity index (χ0n) is 11.3. The van der Waals surface area contributed by atoms with E-state index in [1.165, 1.54) is 23.9 Å². The molecule has 104 valence electrons. The van der Waals surface area contributed by atoms with Gasteiger partial charge in [-0.15, -0.1) is 0 Å². The lowest BCUT2D eigenvalue weighted by Gasteiger charge is -2.53. The van der Waals surface area contributed by atoms with Gasteiger partial charge in [-0.25, -0.2) is 0 Å². The summed E-state index contributed by atoms with van der Waals surface area (Å²) < 4.78 is 6.52. The molecule has 0 atom stereocenters. The predicted octanol–water partition coefficient (Wildman–Crippen LogP) is 3.61. The molecule has 2 aliphatic heterocycles.